The summed E-state index contributed by atoms with van der Waals surface area (Å²) in [6.45, 7) is 3.72. The molecule has 6 N–H and O–H groups in total. The largest absolute Gasteiger partial charge is 0.384 e. The van der Waals surface area contributed by atoms with Gasteiger partial charge in [-0.3, -0.25) is 5.84 Å². The second kappa shape index (κ2) is 5.56. The molecular weight excluding hydrogens is 214 g/mol. The molecule has 2 rings (SSSR count). The van der Waals surface area contributed by atoms with Crippen LogP contribution >= 0.6 is 0 Å². The molecule has 0 radical (unpaired) electrons. The second-order valence-corrected chi connectivity index (χ2v) is 4.01. The third-order valence-electron chi connectivity index (χ3n) is 2.92. The minimum Gasteiger partial charge on any atom is -0.384 e. The zero-order valence-electron chi connectivity index (χ0n) is 9.82. The maximum absolute atomic E-state index is 6.17. The summed E-state index contributed by atoms with van der Waals surface area (Å²) >= 11 is 0. The molecule has 1 aromatic carbocycles. The molecule has 1 aliphatic rings. The van der Waals surface area contributed by atoms with Crippen LogP contribution in [0.15, 0.2) is 36.2 Å². The maximum Gasteiger partial charge on any atom is 0.125 e. The second-order valence-electron chi connectivity index (χ2n) is 4.01. The van der Waals surface area contributed by atoms with E-state index in [1.54, 1.807) is 0 Å². The number of hydrogen-bond donors (Lipinski definition) is 4. The molecular formula is C12H19N5. The van der Waals surface area contributed by atoms with Crippen LogP contribution in [0.4, 0.5) is 0 Å². The van der Waals surface area contributed by atoms with Crippen molar-refractivity contribution in [2.45, 2.75) is 0 Å². The van der Waals surface area contributed by atoms with E-state index in [0.29, 0.717) is 5.82 Å². The standard InChI is InChI=1S/C12H19N5/c13-12(17-8-6-15-7-9-17)11(16-14)10-4-2-1-3-5-10/h1-5,15-16H,6-9,13-14H2/b12-11+. The van der Waals surface area contributed by atoms with Crippen LogP contribution in [-0.4, -0.2) is 31.1 Å². The smallest absolute Gasteiger partial charge is 0.125 e. The first kappa shape index (κ1) is 11.8. The van der Waals surface area contributed by atoms with Crippen molar-refractivity contribution < 1.29 is 0 Å². The van der Waals surface area contributed by atoms with Gasteiger partial charge in [0.1, 0.15) is 5.82 Å². The van der Waals surface area contributed by atoms with Gasteiger partial charge < -0.3 is 21.4 Å². The number of nitrogens with one attached hydrogen (secondary N) is 2. The highest BCUT2D eigenvalue weighted by Gasteiger charge is 2.14. The van der Waals surface area contributed by atoms with Crippen molar-refractivity contribution in [3.05, 3.63) is 41.7 Å². The summed E-state index contributed by atoms with van der Waals surface area (Å²) in [7, 11) is 0. The normalized spacial score (nSPS) is 17.6. The molecule has 92 valence electrons. The number of hydrogen-bond acceptors (Lipinski definition) is 5. The molecule has 0 unspecified atom stereocenters. The van der Waals surface area contributed by atoms with E-state index in [2.05, 4.69) is 15.6 Å². The van der Waals surface area contributed by atoms with Crippen LogP contribution in [0.2, 0.25) is 0 Å². The molecule has 0 bridgehead atoms. The average Bonchev–Trinajstić information content (AvgIpc) is 2.42. The van der Waals surface area contributed by atoms with Gasteiger partial charge in [0.15, 0.2) is 0 Å². The van der Waals surface area contributed by atoms with Crippen LogP contribution in [0, 0.1) is 0 Å². The topological polar surface area (TPSA) is 79.3 Å². The predicted molar refractivity (Wildman–Crippen MR) is 69.3 cm³/mol. The minimum atomic E-state index is 0.709. The predicted octanol–water partition coefficient (Wildman–Crippen LogP) is -0.360. The van der Waals surface area contributed by atoms with Gasteiger partial charge in [-0.2, -0.15) is 0 Å². The van der Waals surface area contributed by atoms with Gasteiger partial charge in [0.2, 0.25) is 0 Å². The van der Waals surface area contributed by atoms with Gasteiger partial charge in [-0.1, -0.05) is 30.3 Å². The van der Waals surface area contributed by atoms with E-state index in [0.717, 1.165) is 37.4 Å². The van der Waals surface area contributed by atoms with Crippen molar-refractivity contribution in [1.82, 2.24) is 15.6 Å². The molecule has 0 atom stereocenters. The van der Waals surface area contributed by atoms with Crippen LogP contribution in [0.25, 0.3) is 5.70 Å². The molecule has 5 heteroatoms. The fourth-order valence-electron chi connectivity index (χ4n) is 1.97. The van der Waals surface area contributed by atoms with Crippen LogP contribution in [-0.2, 0) is 0 Å². The highest BCUT2D eigenvalue weighted by molar-refractivity contribution is 5.65. The molecule has 0 amide bonds. The van der Waals surface area contributed by atoms with E-state index >= 15 is 0 Å². The summed E-state index contributed by atoms with van der Waals surface area (Å²) < 4.78 is 0. The van der Waals surface area contributed by atoms with Crippen molar-refractivity contribution >= 4 is 5.70 Å². The molecule has 5 nitrogen and oxygen atoms in total. The van der Waals surface area contributed by atoms with Gasteiger partial charge in [-0.25, -0.2) is 0 Å². The van der Waals surface area contributed by atoms with Gasteiger partial charge in [-0.05, 0) is 0 Å². The summed E-state index contributed by atoms with van der Waals surface area (Å²) in [5.74, 6) is 6.29. The van der Waals surface area contributed by atoms with Gasteiger partial charge >= 0.3 is 0 Å². The van der Waals surface area contributed by atoms with Gasteiger partial charge in [0.25, 0.3) is 0 Å². The summed E-state index contributed by atoms with van der Waals surface area (Å²) in [6.07, 6.45) is 0. The lowest BCUT2D eigenvalue weighted by molar-refractivity contribution is 0.296. The number of nitrogens with zero attached hydrogens (tertiary/aromatic N) is 1. The van der Waals surface area contributed by atoms with E-state index < -0.39 is 0 Å². The van der Waals surface area contributed by atoms with Crippen LogP contribution in [0.1, 0.15) is 5.56 Å². The molecule has 0 saturated carbocycles. The number of benzene rings is 1. The Bertz CT molecular complexity index is 381. The lowest BCUT2D eigenvalue weighted by Crippen LogP contribution is -2.46. The monoisotopic (exact) mass is 233 g/mol. The Kier molecular flexibility index (Phi) is 3.85. The Morgan fingerprint density at radius 2 is 1.82 bits per heavy atom. The quantitative estimate of drug-likeness (QED) is 0.423. The Balaban J connectivity index is 2.26. The van der Waals surface area contributed by atoms with Gasteiger partial charge in [-0.15, -0.1) is 0 Å². The lowest BCUT2D eigenvalue weighted by Gasteiger charge is -2.31. The van der Waals surface area contributed by atoms with Crippen molar-refractivity contribution in [3.63, 3.8) is 0 Å². The summed E-state index contributed by atoms with van der Waals surface area (Å²) in [4.78, 5) is 2.14. The van der Waals surface area contributed by atoms with Crippen molar-refractivity contribution in [1.29, 1.82) is 0 Å². The molecule has 1 heterocycles. The number of hydrazine groups is 1. The summed E-state index contributed by atoms with van der Waals surface area (Å²) in [6, 6.07) is 9.89. The first-order valence-electron chi connectivity index (χ1n) is 5.80. The SMILES string of the molecule is NN/C(=C(\N)N1CCNCC1)c1ccccc1. The van der Waals surface area contributed by atoms with Crippen molar-refractivity contribution in [2.75, 3.05) is 26.2 Å². The number of piperazine rings is 1. The van der Waals surface area contributed by atoms with Gasteiger partial charge in [0, 0.05) is 31.7 Å². The third-order valence-corrected chi connectivity index (χ3v) is 2.92. The molecule has 1 fully saturated rings. The number of nitrogens with two attached hydrogens (primary N) is 2. The Morgan fingerprint density at radius 3 is 2.41 bits per heavy atom. The summed E-state index contributed by atoms with van der Waals surface area (Å²) in [5.41, 5.74) is 10.7. The fraction of sp³-hybridized carbons (Fsp3) is 0.333. The highest BCUT2D eigenvalue weighted by atomic mass is 15.3. The van der Waals surface area contributed by atoms with E-state index in [-0.39, 0.29) is 0 Å². The van der Waals surface area contributed by atoms with E-state index in [4.69, 9.17) is 11.6 Å². The first-order chi connectivity index (χ1) is 8.33. The highest BCUT2D eigenvalue weighted by Crippen LogP contribution is 2.15. The van der Waals surface area contributed by atoms with E-state index in [1.807, 2.05) is 30.3 Å². The molecule has 17 heavy (non-hydrogen) atoms. The third kappa shape index (κ3) is 2.69. The fourth-order valence-corrected chi connectivity index (χ4v) is 1.97. The van der Waals surface area contributed by atoms with E-state index in [1.165, 1.54) is 0 Å². The Hall–Kier alpha value is -1.72. The molecule has 1 saturated heterocycles. The van der Waals surface area contributed by atoms with Crippen LogP contribution < -0.4 is 22.3 Å². The average molecular weight is 233 g/mol. The molecule has 0 aliphatic carbocycles. The first-order valence-corrected chi connectivity index (χ1v) is 5.80. The van der Waals surface area contributed by atoms with Gasteiger partial charge in [0.05, 0.1) is 5.70 Å². The Morgan fingerprint density at radius 1 is 1.18 bits per heavy atom. The molecule has 0 spiro atoms. The van der Waals surface area contributed by atoms with Crippen molar-refractivity contribution in [3.8, 4) is 0 Å². The van der Waals surface area contributed by atoms with Crippen LogP contribution in [0.3, 0.4) is 0 Å². The maximum atomic E-state index is 6.17. The minimum absolute atomic E-state index is 0.709. The summed E-state index contributed by atoms with van der Waals surface area (Å²) in [5, 5.41) is 3.29. The lowest BCUT2D eigenvalue weighted by atomic mass is 10.1. The zero-order chi connectivity index (χ0) is 12.1. The van der Waals surface area contributed by atoms with Crippen LogP contribution in [0.5, 0.6) is 0 Å². The number of rotatable bonds is 3. The van der Waals surface area contributed by atoms with Crippen molar-refractivity contribution in [2.24, 2.45) is 11.6 Å². The van der Waals surface area contributed by atoms with E-state index in [9.17, 15) is 0 Å². The molecule has 0 aromatic heterocycles. The zero-order valence-corrected chi connectivity index (χ0v) is 9.82. The molecule has 1 aromatic rings. The Labute approximate surface area is 101 Å². The molecule has 1 aliphatic heterocycles.